The molecule has 8 heteroatoms. The van der Waals surface area contributed by atoms with Gasteiger partial charge in [-0.05, 0) is 36.6 Å². The van der Waals surface area contributed by atoms with E-state index in [2.05, 4.69) is 5.32 Å². The van der Waals surface area contributed by atoms with E-state index in [0.717, 1.165) is 4.90 Å². The number of nitrogens with zero attached hydrogens (tertiary/aromatic N) is 2. The van der Waals surface area contributed by atoms with Crippen LogP contribution in [0.25, 0.3) is 0 Å². The van der Waals surface area contributed by atoms with Crippen LogP contribution in [0.15, 0.2) is 42.5 Å². The molecule has 1 atom stereocenters. The van der Waals surface area contributed by atoms with Gasteiger partial charge < -0.3 is 10.1 Å². The van der Waals surface area contributed by atoms with Gasteiger partial charge in [-0.3, -0.25) is 19.8 Å². The standard InChI is InChI=1S/C20H21N3O5/c1-4-20(15-8-10-16(28-3)11-9-15)18(24)22(19(25)21-20)12-14-6-5-7-17(13(14)2)23(26)27/h5-11H,4,12H2,1-3H3,(H,21,25). The maximum absolute atomic E-state index is 13.2. The molecule has 0 aromatic heterocycles. The maximum Gasteiger partial charge on any atom is 0.325 e. The first-order valence-corrected chi connectivity index (χ1v) is 8.85. The molecule has 3 rings (SSSR count). The number of amides is 3. The minimum atomic E-state index is -1.17. The highest BCUT2D eigenvalue weighted by Crippen LogP contribution is 2.34. The van der Waals surface area contributed by atoms with Crippen LogP contribution in [0.3, 0.4) is 0 Å². The number of hydrogen-bond donors (Lipinski definition) is 1. The Balaban J connectivity index is 1.94. The summed E-state index contributed by atoms with van der Waals surface area (Å²) in [6.45, 7) is 3.41. The quantitative estimate of drug-likeness (QED) is 0.469. The summed E-state index contributed by atoms with van der Waals surface area (Å²) >= 11 is 0. The largest absolute Gasteiger partial charge is 0.497 e. The van der Waals surface area contributed by atoms with Crippen LogP contribution in [-0.2, 0) is 16.9 Å². The average molecular weight is 383 g/mol. The summed E-state index contributed by atoms with van der Waals surface area (Å²) in [4.78, 5) is 37.7. The number of methoxy groups -OCH3 is 1. The van der Waals surface area contributed by atoms with Gasteiger partial charge in [-0.2, -0.15) is 0 Å². The predicted molar refractivity (Wildman–Crippen MR) is 102 cm³/mol. The molecular formula is C20H21N3O5. The van der Waals surface area contributed by atoms with Crippen molar-refractivity contribution in [2.45, 2.75) is 32.4 Å². The highest BCUT2D eigenvalue weighted by Gasteiger charge is 2.51. The Labute approximate surface area is 162 Å². The van der Waals surface area contributed by atoms with Gasteiger partial charge in [0.05, 0.1) is 18.6 Å². The van der Waals surface area contributed by atoms with Crippen molar-refractivity contribution >= 4 is 17.6 Å². The number of hydrogen-bond acceptors (Lipinski definition) is 5. The molecule has 3 amide bonds. The van der Waals surface area contributed by atoms with Crippen LogP contribution < -0.4 is 10.1 Å². The molecule has 8 nitrogen and oxygen atoms in total. The zero-order valence-electron chi connectivity index (χ0n) is 15.9. The fourth-order valence-corrected chi connectivity index (χ4v) is 3.49. The molecule has 1 N–H and O–H groups in total. The van der Waals surface area contributed by atoms with Crippen molar-refractivity contribution in [3.05, 3.63) is 69.3 Å². The zero-order valence-corrected chi connectivity index (χ0v) is 15.9. The molecule has 0 bridgehead atoms. The third-order valence-electron chi connectivity index (χ3n) is 5.23. The summed E-state index contributed by atoms with van der Waals surface area (Å²) < 4.78 is 5.15. The van der Waals surface area contributed by atoms with E-state index in [0.29, 0.717) is 28.9 Å². The van der Waals surface area contributed by atoms with Gasteiger partial charge in [0.2, 0.25) is 0 Å². The molecule has 146 valence electrons. The molecule has 1 saturated heterocycles. The van der Waals surface area contributed by atoms with Crippen molar-refractivity contribution in [2.24, 2.45) is 0 Å². The molecule has 1 aliphatic rings. The van der Waals surface area contributed by atoms with E-state index in [9.17, 15) is 19.7 Å². The van der Waals surface area contributed by atoms with Crippen LogP contribution >= 0.6 is 0 Å². The highest BCUT2D eigenvalue weighted by atomic mass is 16.6. The van der Waals surface area contributed by atoms with Crippen molar-refractivity contribution in [3.63, 3.8) is 0 Å². The summed E-state index contributed by atoms with van der Waals surface area (Å²) in [5.41, 5.74) is 0.442. The Morgan fingerprint density at radius 3 is 2.43 bits per heavy atom. The highest BCUT2D eigenvalue weighted by molar-refractivity contribution is 6.07. The topological polar surface area (TPSA) is 102 Å². The van der Waals surface area contributed by atoms with Crippen molar-refractivity contribution in [3.8, 4) is 5.75 Å². The van der Waals surface area contributed by atoms with Gasteiger partial charge >= 0.3 is 6.03 Å². The van der Waals surface area contributed by atoms with Crippen LogP contribution in [-0.4, -0.2) is 28.9 Å². The van der Waals surface area contributed by atoms with Gasteiger partial charge in [0, 0.05) is 11.6 Å². The van der Waals surface area contributed by atoms with Gasteiger partial charge in [-0.1, -0.05) is 31.2 Å². The summed E-state index contributed by atoms with van der Waals surface area (Å²) in [6, 6.07) is 11.1. The SMILES string of the molecule is CCC1(c2ccc(OC)cc2)NC(=O)N(Cc2cccc([N+](=O)[O-])c2C)C1=O. The van der Waals surface area contributed by atoms with Crippen molar-refractivity contribution in [1.82, 2.24) is 10.2 Å². The van der Waals surface area contributed by atoms with Crippen molar-refractivity contribution < 1.29 is 19.2 Å². The van der Waals surface area contributed by atoms with Gasteiger partial charge in [0.25, 0.3) is 11.6 Å². The number of ether oxygens (including phenoxy) is 1. The average Bonchev–Trinajstić information content (AvgIpc) is 2.94. The molecule has 1 aliphatic heterocycles. The van der Waals surface area contributed by atoms with Crippen LogP contribution in [0.2, 0.25) is 0 Å². The summed E-state index contributed by atoms with van der Waals surface area (Å²) in [6.07, 6.45) is 0.369. The van der Waals surface area contributed by atoms with E-state index < -0.39 is 16.5 Å². The van der Waals surface area contributed by atoms with Crippen molar-refractivity contribution in [1.29, 1.82) is 0 Å². The number of carbonyl (C=O) groups excluding carboxylic acids is 2. The maximum atomic E-state index is 13.2. The van der Waals surface area contributed by atoms with Crippen molar-refractivity contribution in [2.75, 3.05) is 7.11 Å². The first-order valence-electron chi connectivity index (χ1n) is 8.85. The first kappa shape index (κ1) is 19.3. The van der Waals surface area contributed by atoms with Gasteiger partial charge in [0.1, 0.15) is 11.3 Å². The second kappa shape index (κ2) is 7.30. The molecule has 0 radical (unpaired) electrons. The van der Waals surface area contributed by atoms with Crippen LogP contribution in [0.4, 0.5) is 10.5 Å². The molecule has 0 saturated carbocycles. The van der Waals surface area contributed by atoms with Crippen LogP contribution in [0, 0.1) is 17.0 Å². The van der Waals surface area contributed by atoms with E-state index in [-0.39, 0.29) is 18.1 Å². The molecule has 1 fully saturated rings. The zero-order chi connectivity index (χ0) is 20.5. The normalized spacial score (nSPS) is 18.9. The molecule has 2 aromatic carbocycles. The molecule has 2 aromatic rings. The molecule has 1 unspecified atom stereocenters. The fourth-order valence-electron chi connectivity index (χ4n) is 3.49. The van der Waals surface area contributed by atoms with E-state index in [1.54, 1.807) is 50.4 Å². The smallest absolute Gasteiger partial charge is 0.325 e. The van der Waals surface area contributed by atoms with E-state index in [1.165, 1.54) is 6.07 Å². The third kappa shape index (κ3) is 3.06. The van der Waals surface area contributed by atoms with Gasteiger partial charge in [-0.25, -0.2) is 4.79 Å². The second-order valence-electron chi connectivity index (χ2n) is 6.63. The summed E-state index contributed by atoms with van der Waals surface area (Å²) in [7, 11) is 1.55. The predicted octanol–water partition coefficient (Wildman–Crippen LogP) is 3.27. The number of nitrogens with one attached hydrogen (secondary N) is 1. The van der Waals surface area contributed by atoms with Gasteiger partial charge in [-0.15, -0.1) is 0 Å². The number of nitro benzene ring substituents is 1. The van der Waals surface area contributed by atoms with E-state index in [4.69, 9.17) is 4.74 Å². The Morgan fingerprint density at radius 1 is 1.18 bits per heavy atom. The summed E-state index contributed by atoms with van der Waals surface area (Å²) in [5.74, 6) is 0.270. The van der Waals surface area contributed by atoms with Crippen LogP contribution in [0.1, 0.15) is 30.0 Å². The number of urea groups is 1. The number of carbonyl (C=O) groups is 2. The Bertz CT molecular complexity index is 941. The Hall–Kier alpha value is -3.42. The lowest BCUT2D eigenvalue weighted by Gasteiger charge is -2.26. The molecule has 0 aliphatic carbocycles. The lowest BCUT2D eigenvalue weighted by atomic mass is 9.87. The number of benzene rings is 2. The Morgan fingerprint density at radius 2 is 1.86 bits per heavy atom. The molecule has 1 heterocycles. The van der Waals surface area contributed by atoms with E-state index >= 15 is 0 Å². The van der Waals surface area contributed by atoms with Crippen LogP contribution in [0.5, 0.6) is 5.75 Å². The summed E-state index contributed by atoms with van der Waals surface area (Å²) in [5, 5.41) is 14.0. The third-order valence-corrected chi connectivity index (χ3v) is 5.23. The monoisotopic (exact) mass is 383 g/mol. The lowest BCUT2D eigenvalue weighted by molar-refractivity contribution is -0.385. The molecule has 0 spiro atoms. The number of rotatable bonds is 6. The molecular weight excluding hydrogens is 362 g/mol. The number of nitro groups is 1. The Kier molecular flexibility index (Phi) is 5.04. The minimum absolute atomic E-state index is 0.0317. The minimum Gasteiger partial charge on any atom is -0.497 e. The van der Waals surface area contributed by atoms with E-state index in [1.807, 2.05) is 6.92 Å². The fraction of sp³-hybridized carbons (Fsp3) is 0.300. The van der Waals surface area contributed by atoms with Gasteiger partial charge in [0.15, 0.2) is 0 Å². The first-order chi connectivity index (χ1) is 13.3. The number of imide groups is 1. The lowest BCUT2D eigenvalue weighted by Crippen LogP contribution is -2.43. The second-order valence-corrected chi connectivity index (χ2v) is 6.63. The molecule has 28 heavy (non-hydrogen) atoms.